The largest absolute Gasteiger partial charge is 0.320 e. The molecule has 6 nitrogen and oxygen atoms in total. The molecule has 0 spiro atoms. The molecule has 1 aromatic carbocycles. The molecule has 136 valence electrons. The molecule has 3 aliphatic rings. The summed E-state index contributed by atoms with van der Waals surface area (Å²) in [6.45, 7) is 1.90. The summed E-state index contributed by atoms with van der Waals surface area (Å²) >= 11 is 4.84. The van der Waals surface area contributed by atoms with Gasteiger partial charge in [-0.1, -0.05) is 47.0 Å². The van der Waals surface area contributed by atoms with Gasteiger partial charge in [0.05, 0.1) is 10.9 Å². The molecule has 4 rings (SSSR count). The minimum atomic E-state index is -0.269. The van der Waals surface area contributed by atoms with Crippen LogP contribution in [-0.2, 0) is 9.59 Å². The average molecular weight is 435 g/mol. The van der Waals surface area contributed by atoms with Crippen LogP contribution in [0.2, 0.25) is 0 Å². The van der Waals surface area contributed by atoms with Crippen LogP contribution in [0.25, 0.3) is 0 Å². The second-order valence-electron chi connectivity index (χ2n) is 6.74. The van der Waals surface area contributed by atoms with Crippen LogP contribution < -0.4 is 5.32 Å². The van der Waals surface area contributed by atoms with Crippen LogP contribution in [0.3, 0.4) is 0 Å². The Labute approximate surface area is 164 Å². The van der Waals surface area contributed by atoms with E-state index in [1.54, 1.807) is 0 Å². The van der Waals surface area contributed by atoms with Crippen molar-refractivity contribution in [3.8, 4) is 0 Å². The number of nitrogens with one attached hydrogen (secondary N) is 1. The number of thioether (sulfide) groups is 1. The molecule has 1 aromatic rings. The fourth-order valence-corrected chi connectivity index (χ4v) is 4.95. The molecule has 2 amide bonds. The van der Waals surface area contributed by atoms with E-state index in [1.807, 2.05) is 30.0 Å². The van der Waals surface area contributed by atoms with Crippen molar-refractivity contribution in [1.82, 2.24) is 4.90 Å². The molecule has 0 radical (unpaired) electrons. The van der Waals surface area contributed by atoms with Crippen molar-refractivity contribution in [3.63, 3.8) is 0 Å². The summed E-state index contributed by atoms with van der Waals surface area (Å²) in [5, 5.41) is 11.8. The second-order valence-corrected chi connectivity index (χ2v) is 8.96. The van der Waals surface area contributed by atoms with E-state index < -0.39 is 0 Å². The van der Waals surface area contributed by atoms with Crippen LogP contribution in [0.4, 0.5) is 5.69 Å². The Morgan fingerprint density at radius 3 is 2.73 bits per heavy atom. The van der Waals surface area contributed by atoms with Crippen molar-refractivity contribution >= 4 is 56.1 Å². The minimum Gasteiger partial charge on any atom is -0.320 e. The molecule has 0 bridgehead atoms. The van der Waals surface area contributed by atoms with Gasteiger partial charge in [0.25, 0.3) is 5.91 Å². The summed E-state index contributed by atoms with van der Waals surface area (Å²) in [7, 11) is 0. The molecule has 1 saturated carbocycles. The molecule has 2 aliphatic heterocycles. The van der Waals surface area contributed by atoms with Gasteiger partial charge < -0.3 is 5.32 Å². The van der Waals surface area contributed by atoms with Crippen molar-refractivity contribution in [2.75, 3.05) is 5.32 Å². The zero-order valence-electron chi connectivity index (χ0n) is 14.4. The number of fused-ring (bicyclic) bond motifs is 1. The van der Waals surface area contributed by atoms with Gasteiger partial charge in [0.1, 0.15) is 0 Å². The van der Waals surface area contributed by atoms with Gasteiger partial charge in [-0.15, -0.1) is 10.2 Å². The summed E-state index contributed by atoms with van der Waals surface area (Å²) in [5.74, 6) is -0.172. The Morgan fingerprint density at radius 2 is 1.96 bits per heavy atom. The van der Waals surface area contributed by atoms with Crippen molar-refractivity contribution in [2.45, 2.75) is 50.3 Å². The van der Waals surface area contributed by atoms with Gasteiger partial charge >= 0.3 is 0 Å². The van der Waals surface area contributed by atoms with E-state index in [-0.39, 0.29) is 28.8 Å². The van der Waals surface area contributed by atoms with Gasteiger partial charge in [-0.05, 0) is 38.0 Å². The molecule has 2 fully saturated rings. The van der Waals surface area contributed by atoms with E-state index in [1.165, 1.54) is 18.2 Å². The van der Waals surface area contributed by atoms with Crippen LogP contribution >= 0.6 is 27.7 Å². The highest BCUT2D eigenvalue weighted by molar-refractivity contribution is 9.10. The van der Waals surface area contributed by atoms with E-state index in [0.29, 0.717) is 5.17 Å². The van der Waals surface area contributed by atoms with Crippen LogP contribution in [0.1, 0.15) is 44.6 Å². The van der Waals surface area contributed by atoms with Crippen molar-refractivity contribution < 1.29 is 9.59 Å². The zero-order chi connectivity index (χ0) is 18.3. The molecule has 1 atom stereocenters. The maximum atomic E-state index is 12.6. The third-order valence-corrected chi connectivity index (χ3v) is 6.49. The highest BCUT2D eigenvalue weighted by Gasteiger charge is 2.40. The molecular weight excluding hydrogens is 416 g/mol. The maximum absolute atomic E-state index is 12.6. The molecule has 0 aromatic heterocycles. The summed E-state index contributed by atoms with van der Waals surface area (Å²) in [6.07, 6.45) is 5.51. The Bertz CT molecular complexity index is 832. The Hall–Kier alpha value is -1.67. The number of carbonyl (C=O) groups excluding carboxylic acids is 2. The third-order valence-electron chi connectivity index (χ3n) is 4.95. The topological polar surface area (TPSA) is 74.1 Å². The molecule has 26 heavy (non-hydrogen) atoms. The van der Waals surface area contributed by atoms with E-state index in [2.05, 4.69) is 31.4 Å². The number of halogens is 1. The predicted octanol–water partition coefficient (Wildman–Crippen LogP) is 3.76. The SMILES string of the molecule is CC1S/C(=N\N=C2/C(=O)Nc3ccc(Br)cc32)N(C2CCCCC2)C1=O. The Kier molecular flexibility index (Phi) is 4.88. The van der Waals surface area contributed by atoms with Gasteiger partial charge in [0.2, 0.25) is 5.91 Å². The van der Waals surface area contributed by atoms with Gasteiger partial charge in [0, 0.05) is 16.1 Å². The summed E-state index contributed by atoms with van der Waals surface area (Å²) in [4.78, 5) is 26.7. The number of rotatable bonds is 2. The smallest absolute Gasteiger partial charge is 0.276 e. The second kappa shape index (κ2) is 7.15. The lowest BCUT2D eigenvalue weighted by Gasteiger charge is -2.30. The van der Waals surface area contributed by atoms with E-state index in [9.17, 15) is 9.59 Å². The highest BCUT2D eigenvalue weighted by atomic mass is 79.9. The number of hydrogen-bond donors (Lipinski definition) is 1. The fourth-order valence-electron chi connectivity index (χ4n) is 3.62. The minimum absolute atomic E-state index is 0.0971. The molecular formula is C18H19BrN4O2S. The number of nitrogens with zero attached hydrogens (tertiary/aromatic N) is 3. The first-order chi connectivity index (χ1) is 12.5. The lowest BCUT2D eigenvalue weighted by Crippen LogP contribution is -2.41. The first kappa shape index (κ1) is 17.7. The fraction of sp³-hybridized carbons (Fsp3) is 0.444. The number of benzene rings is 1. The van der Waals surface area contributed by atoms with E-state index in [4.69, 9.17) is 0 Å². The molecule has 1 saturated heterocycles. The first-order valence-corrected chi connectivity index (χ1v) is 10.5. The number of carbonyl (C=O) groups is 2. The Morgan fingerprint density at radius 1 is 1.19 bits per heavy atom. The quantitative estimate of drug-likeness (QED) is 0.719. The number of anilines is 1. The van der Waals surface area contributed by atoms with Crippen molar-refractivity contribution in [1.29, 1.82) is 0 Å². The molecule has 1 unspecified atom stereocenters. The van der Waals surface area contributed by atoms with Crippen LogP contribution in [0.15, 0.2) is 32.9 Å². The van der Waals surface area contributed by atoms with Gasteiger partial charge in [-0.2, -0.15) is 0 Å². The van der Waals surface area contributed by atoms with E-state index in [0.717, 1.165) is 41.4 Å². The standard InChI is InChI=1S/C18H19BrN4O2S/c1-10-17(25)23(12-5-3-2-4-6-12)18(26-10)22-21-15-13-9-11(19)7-8-14(13)20-16(15)24/h7-10,12H,2-6H2,1H3,(H,20,21,24)/b22-18-. The molecule has 8 heteroatoms. The lowest BCUT2D eigenvalue weighted by atomic mass is 9.94. The summed E-state index contributed by atoms with van der Waals surface area (Å²) < 4.78 is 0.871. The maximum Gasteiger partial charge on any atom is 0.276 e. The van der Waals surface area contributed by atoms with Crippen LogP contribution in [-0.4, -0.2) is 38.9 Å². The monoisotopic (exact) mass is 434 g/mol. The summed E-state index contributed by atoms with van der Waals surface area (Å²) in [5.41, 5.74) is 1.73. The molecule has 2 heterocycles. The van der Waals surface area contributed by atoms with Crippen molar-refractivity contribution in [3.05, 3.63) is 28.2 Å². The molecule has 1 aliphatic carbocycles. The zero-order valence-corrected chi connectivity index (χ0v) is 16.8. The van der Waals surface area contributed by atoms with Gasteiger partial charge in [-0.3, -0.25) is 14.5 Å². The first-order valence-electron chi connectivity index (χ1n) is 8.81. The number of amidine groups is 1. The van der Waals surface area contributed by atoms with Crippen LogP contribution in [0.5, 0.6) is 0 Å². The Balaban J connectivity index is 1.66. The van der Waals surface area contributed by atoms with Gasteiger partial charge in [0.15, 0.2) is 10.9 Å². The summed E-state index contributed by atoms with van der Waals surface area (Å²) in [6, 6.07) is 5.75. The number of hydrogen-bond acceptors (Lipinski definition) is 5. The van der Waals surface area contributed by atoms with E-state index >= 15 is 0 Å². The van der Waals surface area contributed by atoms with Crippen LogP contribution in [0, 0.1) is 0 Å². The third kappa shape index (κ3) is 3.20. The highest BCUT2D eigenvalue weighted by Crippen LogP contribution is 2.34. The number of amides is 2. The van der Waals surface area contributed by atoms with Gasteiger partial charge in [-0.25, -0.2) is 0 Å². The average Bonchev–Trinajstić information content (AvgIpc) is 3.09. The molecule has 1 N–H and O–H groups in total. The lowest BCUT2D eigenvalue weighted by molar-refractivity contribution is -0.127. The predicted molar refractivity (Wildman–Crippen MR) is 108 cm³/mol. The van der Waals surface area contributed by atoms with Crippen molar-refractivity contribution in [2.24, 2.45) is 10.2 Å². The normalized spacial score (nSPS) is 26.7.